The van der Waals surface area contributed by atoms with E-state index in [0.29, 0.717) is 19.5 Å². The number of methoxy groups -OCH3 is 1. The van der Waals surface area contributed by atoms with Crippen LogP contribution in [0.5, 0.6) is 5.75 Å². The van der Waals surface area contributed by atoms with Gasteiger partial charge in [-0.25, -0.2) is 13.2 Å². The predicted molar refractivity (Wildman–Crippen MR) is 106 cm³/mol. The van der Waals surface area contributed by atoms with E-state index in [2.05, 4.69) is 0 Å². The van der Waals surface area contributed by atoms with Gasteiger partial charge >= 0.3 is 5.97 Å². The van der Waals surface area contributed by atoms with Crippen molar-refractivity contribution >= 4 is 16.0 Å². The molecule has 1 fully saturated rings. The van der Waals surface area contributed by atoms with Crippen molar-refractivity contribution in [1.29, 1.82) is 0 Å². The van der Waals surface area contributed by atoms with Crippen LogP contribution < -0.4 is 4.74 Å². The molecule has 0 unspecified atom stereocenters. The zero-order valence-corrected chi connectivity index (χ0v) is 16.8. The monoisotopic (exact) mass is 403 g/mol. The third-order valence-corrected chi connectivity index (χ3v) is 6.78. The number of nitrogens with zero attached hydrogens (tertiary/aromatic N) is 1. The Morgan fingerprint density at radius 3 is 2.36 bits per heavy atom. The summed E-state index contributed by atoms with van der Waals surface area (Å²) in [5, 5.41) is 0. The Morgan fingerprint density at radius 1 is 1.00 bits per heavy atom. The van der Waals surface area contributed by atoms with E-state index in [1.54, 1.807) is 19.2 Å². The molecule has 0 N–H and O–H groups in total. The number of carbonyl (C=O) groups excluding carboxylic acids is 1. The molecule has 150 valence electrons. The number of sulfonamides is 1. The number of ether oxygens (including phenoxy) is 2. The molecule has 7 heteroatoms. The molecule has 0 aromatic heterocycles. The van der Waals surface area contributed by atoms with Gasteiger partial charge in [0, 0.05) is 19.5 Å². The van der Waals surface area contributed by atoms with E-state index in [-0.39, 0.29) is 17.1 Å². The Kier molecular flexibility index (Phi) is 6.70. The van der Waals surface area contributed by atoms with E-state index in [9.17, 15) is 13.2 Å². The minimum absolute atomic E-state index is 0.0198. The number of rotatable bonds is 7. The topological polar surface area (TPSA) is 72.9 Å². The summed E-state index contributed by atoms with van der Waals surface area (Å²) < 4.78 is 37.9. The number of hydrogen-bond donors (Lipinski definition) is 0. The summed E-state index contributed by atoms with van der Waals surface area (Å²) in [5.74, 6) is 0.141. The number of carbonyl (C=O) groups is 1. The maximum Gasteiger partial charge on any atom is 0.339 e. The van der Waals surface area contributed by atoms with E-state index in [4.69, 9.17) is 9.47 Å². The number of esters is 1. The normalized spacial score (nSPS) is 15.2. The second-order valence-electron chi connectivity index (χ2n) is 6.69. The zero-order chi connectivity index (χ0) is 20.0. The first kappa shape index (κ1) is 20.4. The van der Waals surface area contributed by atoms with Gasteiger partial charge in [0.05, 0.1) is 24.2 Å². The highest BCUT2D eigenvalue weighted by Crippen LogP contribution is 2.24. The predicted octanol–water partition coefficient (Wildman–Crippen LogP) is 3.27. The molecule has 28 heavy (non-hydrogen) atoms. The van der Waals surface area contributed by atoms with Gasteiger partial charge in [-0.1, -0.05) is 30.7 Å². The van der Waals surface area contributed by atoms with Crippen LogP contribution in [-0.4, -0.2) is 45.5 Å². The molecule has 1 aliphatic heterocycles. The molecule has 1 aliphatic rings. The number of piperidine rings is 1. The van der Waals surface area contributed by atoms with Crippen molar-refractivity contribution in [3.05, 3.63) is 59.7 Å². The van der Waals surface area contributed by atoms with Crippen LogP contribution in [0.1, 0.15) is 35.2 Å². The first-order valence-corrected chi connectivity index (χ1v) is 10.9. The average molecular weight is 404 g/mol. The van der Waals surface area contributed by atoms with Gasteiger partial charge in [-0.2, -0.15) is 4.31 Å². The first-order chi connectivity index (χ1) is 13.5. The maximum atomic E-state index is 13.0. The van der Waals surface area contributed by atoms with Crippen molar-refractivity contribution in [1.82, 2.24) is 4.31 Å². The largest absolute Gasteiger partial charge is 0.497 e. The summed E-state index contributed by atoms with van der Waals surface area (Å²) in [6, 6.07) is 13.8. The van der Waals surface area contributed by atoms with Gasteiger partial charge in [0.25, 0.3) is 0 Å². The van der Waals surface area contributed by atoms with Gasteiger partial charge in [0.15, 0.2) is 0 Å². The molecule has 0 aliphatic carbocycles. The quantitative estimate of drug-likeness (QED) is 0.664. The van der Waals surface area contributed by atoms with Gasteiger partial charge in [-0.05, 0) is 42.7 Å². The zero-order valence-electron chi connectivity index (χ0n) is 16.0. The molecule has 0 saturated carbocycles. The van der Waals surface area contributed by atoms with E-state index in [1.165, 1.54) is 16.4 Å². The lowest BCUT2D eigenvalue weighted by molar-refractivity contribution is 0.0504. The van der Waals surface area contributed by atoms with Crippen molar-refractivity contribution in [3.63, 3.8) is 0 Å². The first-order valence-electron chi connectivity index (χ1n) is 9.41. The standard InChI is InChI=1S/C21H25NO5S/c1-26-18-11-9-17(10-12-18)13-16-27-21(23)19-7-3-4-8-20(19)28(24,25)22-14-5-2-6-15-22/h3-4,7-12H,2,5-6,13-16H2,1H3. The van der Waals surface area contributed by atoms with Crippen LogP contribution in [0.25, 0.3) is 0 Å². The fraction of sp³-hybridized carbons (Fsp3) is 0.381. The lowest BCUT2D eigenvalue weighted by Crippen LogP contribution is -2.36. The van der Waals surface area contributed by atoms with Crippen molar-refractivity contribution in [2.45, 2.75) is 30.6 Å². The van der Waals surface area contributed by atoms with Gasteiger partial charge < -0.3 is 9.47 Å². The molecule has 0 atom stereocenters. The van der Waals surface area contributed by atoms with Crippen LogP contribution in [0.4, 0.5) is 0 Å². The minimum Gasteiger partial charge on any atom is -0.497 e. The van der Waals surface area contributed by atoms with E-state index < -0.39 is 16.0 Å². The summed E-state index contributed by atoms with van der Waals surface area (Å²) in [6.07, 6.45) is 3.25. The summed E-state index contributed by atoms with van der Waals surface area (Å²) in [6.45, 7) is 1.15. The molecule has 0 spiro atoms. The summed E-state index contributed by atoms with van der Waals surface area (Å²) in [5.41, 5.74) is 1.09. The third-order valence-electron chi connectivity index (χ3n) is 4.82. The Hall–Kier alpha value is -2.38. The Labute approximate surface area is 166 Å². The highest BCUT2D eigenvalue weighted by atomic mass is 32.2. The average Bonchev–Trinajstić information content (AvgIpc) is 2.75. The Morgan fingerprint density at radius 2 is 1.68 bits per heavy atom. The smallest absolute Gasteiger partial charge is 0.339 e. The lowest BCUT2D eigenvalue weighted by atomic mass is 10.1. The molecule has 1 saturated heterocycles. The van der Waals surface area contributed by atoms with Crippen LogP contribution in [0.2, 0.25) is 0 Å². The molecular weight excluding hydrogens is 378 g/mol. The van der Waals surface area contributed by atoms with E-state index in [0.717, 1.165) is 30.6 Å². The molecule has 1 heterocycles. The van der Waals surface area contributed by atoms with Gasteiger partial charge in [0.2, 0.25) is 10.0 Å². The molecule has 3 rings (SSSR count). The molecule has 0 bridgehead atoms. The van der Waals surface area contributed by atoms with Gasteiger partial charge in [-0.3, -0.25) is 0 Å². The highest BCUT2D eigenvalue weighted by Gasteiger charge is 2.30. The van der Waals surface area contributed by atoms with E-state index >= 15 is 0 Å². The van der Waals surface area contributed by atoms with Crippen LogP contribution >= 0.6 is 0 Å². The maximum absolute atomic E-state index is 13.0. The van der Waals surface area contributed by atoms with Crippen LogP contribution in [-0.2, 0) is 21.2 Å². The molecule has 0 radical (unpaired) electrons. The minimum atomic E-state index is -3.70. The molecule has 0 amide bonds. The molecule has 2 aromatic carbocycles. The molecular formula is C21H25NO5S. The SMILES string of the molecule is COc1ccc(CCOC(=O)c2ccccc2S(=O)(=O)N2CCCCC2)cc1. The third kappa shape index (κ3) is 4.72. The Bertz CT molecular complexity index is 903. The van der Waals surface area contributed by atoms with Crippen molar-refractivity contribution in [2.75, 3.05) is 26.8 Å². The second-order valence-corrected chi connectivity index (χ2v) is 8.60. The van der Waals surface area contributed by atoms with Gasteiger partial charge in [-0.15, -0.1) is 0 Å². The van der Waals surface area contributed by atoms with Crippen molar-refractivity contribution in [2.24, 2.45) is 0 Å². The molecule has 2 aromatic rings. The summed E-state index contributed by atoms with van der Waals surface area (Å²) in [4.78, 5) is 12.6. The second kappa shape index (κ2) is 9.21. The van der Waals surface area contributed by atoms with Crippen molar-refractivity contribution < 1.29 is 22.7 Å². The van der Waals surface area contributed by atoms with Crippen LogP contribution in [0.15, 0.2) is 53.4 Å². The van der Waals surface area contributed by atoms with E-state index in [1.807, 2.05) is 24.3 Å². The fourth-order valence-corrected chi connectivity index (χ4v) is 4.93. The summed E-state index contributed by atoms with van der Waals surface area (Å²) in [7, 11) is -2.10. The Balaban J connectivity index is 1.68. The number of hydrogen-bond acceptors (Lipinski definition) is 5. The number of benzene rings is 2. The van der Waals surface area contributed by atoms with Crippen LogP contribution in [0, 0.1) is 0 Å². The summed E-state index contributed by atoms with van der Waals surface area (Å²) >= 11 is 0. The molecule has 6 nitrogen and oxygen atoms in total. The highest BCUT2D eigenvalue weighted by molar-refractivity contribution is 7.89. The van der Waals surface area contributed by atoms with Gasteiger partial charge in [0.1, 0.15) is 5.75 Å². The fourth-order valence-electron chi connectivity index (χ4n) is 3.24. The van der Waals surface area contributed by atoms with Crippen LogP contribution in [0.3, 0.4) is 0 Å². The van der Waals surface area contributed by atoms with Crippen molar-refractivity contribution in [3.8, 4) is 5.75 Å². The lowest BCUT2D eigenvalue weighted by Gasteiger charge is -2.26.